The van der Waals surface area contributed by atoms with Crippen molar-refractivity contribution in [3.05, 3.63) is 26.6 Å². The lowest BCUT2D eigenvalue weighted by Crippen LogP contribution is -2.16. The number of benzene rings is 1. The van der Waals surface area contributed by atoms with Crippen molar-refractivity contribution in [1.29, 1.82) is 0 Å². The highest BCUT2D eigenvalue weighted by atomic mass is 79.9. The molecule has 1 atom stereocenters. The maximum atomic E-state index is 9.73. The third-order valence-corrected chi connectivity index (χ3v) is 3.80. The molecular weight excluding hydrogens is 376 g/mol. The van der Waals surface area contributed by atoms with E-state index in [1.54, 1.807) is 0 Å². The number of halogens is 2. The van der Waals surface area contributed by atoms with E-state index in [-0.39, 0.29) is 6.54 Å². The Hall–Kier alpha value is -0.140. The Balaban J connectivity index is 2.69. The molecule has 0 radical (unpaired) electrons. The van der Waals surface area contributed by atoms with E-state index < -0.39 is 6.10 Å². The summed E-state index contributed by atoms with van der Waals surface area (Å²) in [6, 6.07) is 3.67. The van der Waals surface area contributed by atoms with Crippen LogP contribution in [0.3, 0.4) is 0 Å². The zero-order chi connectivity index (χ0) is 14.4. The highest BCUT2D eigenvalue weighted by Crippen LogP contribution is 2.36. The Morgan fingerprint density at radius 2 is 1.89 bits per heavy atom. The smallest absolute Gasteiger partial charge is 0.147 e. The predicted octanol–water partition coefficient (Wildman–Crippen LogP) is 2.53. The van der Waals surface area contributed by atoms with Gasteiger partial charge in [0.1, 0.15) is 5.75 Å². The van der Waals surface area contributed by atoms with Crippen molar-refractivity contribution in [3.8, 4) is 5.75 Å². The maximum Gasteiger partial charge on any atom is 0.147 e. The first-order valence-corrected chi connectivity index (χ1v) is 7.69. The SMILES string of the molecule is CN(C)CCCOc1c(Br)cc([C@@H](O)CN)cc1Br. The molecular formula is C13H20Br2N2O2. The van der Waals surface area contributed by atoms with Crippen LogP contribution in [0.5, 0.6) is 5.75 Å². The van der Waals surface area contributed by atoms with Crippen LogP contribution in [-0.4, -0.2) is 43.8 Å². The summed E-state index contributed by atoms with van der Waals surface area (Å²) in [7, 11) is 4.07. The van der Waals surface area contributed by atoms with Crippen LogP contribution in [0.25, 0.3) is 0 Å². The van der Waals surface area contributed by atoms with Crippen molar-refractivity contribution in [1.82, 2.24) is 4.90 Å². The summed E-state index contributed by atoms with van der Waals surface area (Å²) in [6.07, 6.45) is 0.300. The minimum Gasteiger partial charge on any atom is -0.491 e. The van der Waals surface area contributed by atoms with Crippen LogP contribution in [0.4, 0.5) is 0 Å². The quantitative estimate of drug-likeness (QED) is 0.696. The maximum absolute atomic E-state index is 9.73. The van der Waals surface area contributed by atoms with Gasteiger partial charge in [0.2, 0.25) is 0 Å². The summed E-state index contributed by atoms with van der Waals surface area (Å²) in [5.74, 6) is 0.756. The molecule has 19 heavy (non-hydrogen) atoms. The van der Waals surface area contributed by atoms with Gasteiger partial charge >= 0.3 is 0 Å². The molecule has 108 valence electrons. The van der Waals surface area contributed by atoms with Crippen LogP contribution >= 0.6 is 31.9 Å². The fourth-order valence-corrected chi connectivity index (χ4v) is 3.05. The van der Waals surface area contributed by atoms with Crippen LogP contribution in [0.1, 0.15) is 18.1 Å². The molecule has 4 nitrogen and oxygen atoms in total. The third kappa shape index (κ3) is 5.39. The van der Waals surface area contributed by atoms with Gasteiger partial charge in [0, 0.05) is 13.1 Å². The van der Waals surface area contributed by atoms with Gasteiger partial charge < -0.3 is 20.5 Å². The summed E-state index contributed by atoms with van der Waals surface area (Å²) in [6.45, 7) is 1.83. The average Bonchev–Trinajstić information content (AvgIpc) is 2.35. The van der Waals surface area contributed by atoms with Crippen molar-refractivity contribution in [3.63, 3.8) is 0 Å². The van der Waals surface area contributed by atoms with E-state index in [4.69, 9.17) is 10.5 Å². The van der Waals surface area contributed by atoms with Crippen LogP contribution in [0, 0.1) is 0 Å². The van der Waals surface area contributed by atoms with Gasteiger partial charge in [-0.25, -0.2) is 0 Å². The van der Waals surface area contributed by atoms with Crippen molar-refractivity contribution in [2.75, 3.05) is 33.8 Å². The number of hydrogen-bond acceptors (Lipinski definition) is 4. The Morgan fingerprint density at radius 1 is 1.32 bits per heavy atom. The molecule has 3 N–H and O–H groups in total. The van der Waals surface area contributed by atoms with Gasteiger partial charge in [0.25, 0.3) is 0 Å². The summed E-state index contributed by atoms with van der Waals surface area (Å²) in [5, 5.41) is 9.73. The fraction of sp³-hybridized carbons (Fsp3) is 0.538. The van der Waals surface area contributed by atoms with Crippen molar-refractivity contribution in [2.24, 2.45) is 5.73 Å². The first-order chi connectivity index (χ1) is 8.95. The first-order valence-electron chi connectivity index (χ1n) is 6.10. The largest absolute Gasteiger partial charge is 0.491 e. The molecule has 0 bridgehead atoms. The number of aliphatic hydroxyl groups is 1. The zero-order valence-corrected chi connectivity index (χ0v) is 14.4. The van der Waals surface area contributed by atoms with Crippen molar-refractivity contribution < 1.29 is 9.84 Å². The van der Waals surface area contributed by atoms with Crippen molar-refractivity contribution in [2.45, 2.75) is 12.5 Å². The number of rotatable bonds is 7. The molecule has 0 unspecified atom stereocenters. The molecule has 1 aromatic carbocycles. The number of nitrogens with two attached hydrogens (primary N) is 1. The lowest BCUT2D eigenvalue weighted by molar-refractivity contribution is 0.186. The van der Waals surface area contributed by atoms with Crippen molar-refractivity contribution >= 4 is 31.9 Å². The minimum absolute atomic E-state index is 0.196. The van der Waals surface area contributed by atoms with E-state index in [0.717, 1.165) is 33.2 Å². The van der Waals surface area contributed by atoms with Crippen LogP contribution < -0.4 is 10.5 Å². The fourth-order valence-electron chi connectivity index (χ4n) is 1.60. The molecule has 0 aliphatic carbocycles. The Kier molecular flexibility index (Phi) is 7.31. The van der Waals surface area contributed by atoms with E-state index in [0.29, 0.717) is 6.61 Å². The molecule has 1 aromatic rings. The molecule has 0 heterocycles. The van der Waals surface area contributed by atoms with Gasteiger partial charge in [0.15, 0.2) is 0 Å². The minimum atomic E-state index is -0.657. The average molecular weight is 396 g/mol. The van der Waals surface area contributed by atoms with Crippen LogP contribution in [0.2, 0.25) is 0 Å². The Bertz CT molecular complexity index is 391. The highest BCUT2D eigenvalue weighted by molar-refractivity contribution is 9.11. The summed E-state index contributed by atoms with van der Waals surface area (Å²) < 4.78 is 7.38. The standard InChI is InChI=1S/C13H20Br2N2O2/c1-17(2)4-3-5-19-13-10(14)6-9(7-11(13)15)12(18)8-16/h6-7,12,18H,3-5,8,16H2,1-2H3/t12-/m0/s1. The molecule has 1 rings (SSSR count). The molecule has 0 amide bonds. The van der Waals surface area contributed by atoms with E-state index in [1.807, 2.05) is 26.2 Å². The van der Waals surface area contributed by atoms with Crippen LogP contribution in [-0.2, 0) is 0 Å². The predicted molar refractivity (Wildman–Crippen MR) is 84.5 cm³/mol. The zero-order valence-electron chi connectivity index (χ0n) is 11.2. The molecule has 0 saturated carbocycles. The molecule has 0 aliphatic rings. The number of nitrogens with zero attached hydrogens (tertiary/aromatic N) is 1. The lowest BCUT2D eigenvalue weighted by Gasteiger charge is -2.15. The highest BCUT2D eigenvalue weighted by Gasteiger charge is 2.13. The van der Waals surface area contributed by atoms with Gasteiger partial charge in [-0.05, 0) is 70.1 Å². The lowest BCUT2D eigenvalue weighted by atomic mass is 10.1. The molecule has 0 aromatic heterocycles. The molecule has 0 aliphatic heterocycles. The van der Waals surface area contributed by atoms with E-state index in [1.165, 1.54) is 0 Å². The normalized spacial score (nSPS) is 12.8. The number of ether oxygens (including phenoxy) is 1. The van der Waals surface area contributed by atoms with E-state index in [2.05, 4.69) is 36.8 Å². The van der Waals surface area contributed by atoms with Gasteiger partial charge in [-0.2, -0.15) is 0 Å². The summed E-state index contributed by atoms with van der Waals surface area (Å²) in [5.41, 5.74) is 6.22. The van der Waals surface area contributed by atoms with Crippen LogP contribution in [0.15, 0.2) is 21.1 Å². The van der Waals surface area contributed by atoms with Gasteiger partial charge in [-0.1, -0.05) is 0 Å². The monoisotopic (exact) mass is 394 g/mol. The van der Waals surface area contributed by atoms with Gasteiger partial charge in [0.05, 0.1) is 21.7 Å². The first kappa shape index (κ1) is 16.9. The molecule has 0 saturated heterocycles. The van der Waals surface area contributed by atoms with E-state index in [9.17, 15) is 5.11 Å². The second-order valence-corrected chi connectivity index (χ2v) is 6.28. The summed E-state index contributed by atoms with van der Waals surface area (Å²) >= 11 is 6.92. The Labute approximate surface area is 131 Å². The molecule has 6 heteroatoms. The second-order valence-electron chi connectivity index (χ2n) is 4.57. The second kappa shape index (κ2) is 8.21. The van der Waals surface area contributed by atoms with E-state index >= 15 is 0 Å². The summed E-state index contributed by atoms with van der Waals surface area (Å²) in [4.78, 5) is 2.12. The third-order valence-electron chi connectivity index (χ3n) is 2.62. The van der Waals surface area contributed by atoms with Gasteiger partial charge in [-0.3, -0.25) is 0 Å². The number of aliphatic hydroxyl groups excluding tert-OH is 1. The Morgan fingerprint density at radius 3 is 2.37 bits per heavy atom. The topological polar surface area (TPSA) is 58.7 Å². The molecule has 0 spiro atoms. The number of hydrogen-bond donors (Lipinski definition) is 2. The van der Waals surface area contributed by atoms with Gasteiger partial charge in [-0.15, -0.1) is 0 Å². The molecule has 0 fully saturated rings.